The van der Waals surface area contributed by atoms with E-state index in [1.807, 2.05) is 41.0 Å². The number of allylic oxidation sites excluding steroid dienone is 1. The third-order valence-electron chi connectivity index (χ3n) is 5.99. The molecule has 180 valence electrons. The van der Waals surface area contributed by atoms with E-state index in [1.165, 1.54) is 16.0 Å². The number of amides is 1. The first-order chi connectivity index (χ1) is 16.0. The number of hydrogen-bond donors (Lipinski definition) is 1. The number of rotatable bonds is 13. The number of fused-ring (bicyclic) bond motifs is 1. The molecular formula is C26H36N2O4S. The van der Waals surface area contributed by atoms with Gasteiger partial charge in [-0.1, -0.05) is 23.8 Å². The molecule has 0 fully saturated rings. The summed E-state index contributed by atoms with van der Waals surface area (Å²) in [6.45, 7) is 8.64. The second-order valence-corrected chi connectivity index (χ2v) is 9.52. The molecule has 1 aromatic carbocycles. The molecule has 0 unspecified atom stereocenters. The fraction of sp³-hybridized carbons (Fsp3) is 0.500. The zero-order chi connectivity index (χ0) is 23.6. The Kier molecular flexibility index (Phi) is 9.94. The highest BCUT2D eigenvalue weighted by molar-refractivity contribution is 7.10. The molecule has 2 aromatic rings. The zero-order valence-corrected chi connectivity index (χ0v) is 20.6. The fourth-order valence-corrected chi connectivity index (χ4v) is 5.05. The first-order valence-corrected chi connectivity index (χ1v) is 12.4. The van der Waals surface area contributed by atoms with Crippen LogP contribution in [0.4, 0.5) is 0 Å². The molecule has 2 atom stereocenters. The Labute approximate surface area is 201 Å². The van der Waals surface area contributed by atoms with Crippen LogP contribution in [0, 0.1) is 6.92 Å². The van der Waals surface area contributed by atoms with Crippen LogP contribution in [-0.2, 0) is 16.0 Å². The number of aliphatic hydroxyl groups is 1. The van der Waals surface area contributed by atoms with E-state index < -0.39 is 6.10 Å². The van der Waals surface area contributed by atoms with Gasteiger partial charge in [-0.2, -0.15) is 0 Å². The molecule has 0 saturated heterocycles. The van der Waals surface area contributed by atoms with Gasteiger partial charge in [-0.15, -0.1) is 17.9 Å². The number of nitrogens with zero attached hydrogens (tertiary/aromatic N) is 2. The molecule has 2 heterocycles. The van der Waals surface area contributed by atoms with Crippen LogP contribution in [0.1, 0.15) is 34.9 Å². The molecule has 1 amide bonds. The van der Waals surface area contributed by atoms with Crippen LogP contribution in [0.25, 0.3) is 0 Å². The van der Waals surface area contributed by atoms with Gasteiger partial charge < -0.3 is 19.5 Å². The van der Waals surface area contributed by atoms with E-state index in [0.29, 0.717) is 39.3 Å². The van der Waals surface area contributed by atoms with Crippen molar-refractivity contribution in [2.45, 2.75) is 38.3 Å². The lowest BCUT2D eigenvalue weighted by atomic mass is 10.0. The summed E-state index contributed by atoms with van der Waals surface area (Å²) in [6.07, 6.45) is 3.55. The van der Waals surface area contributed by atoms with Crippen molar-refractivity contribution in [3.8, 4) is 5.75 Å². The summed E-state index contributed by atoms with van der Waals surface area (Å²) in [7, 11) is 1.65. The van der Waals surface area contributed by atoms with Gasteiger partial charge in [-0.3, -0.25) is 9.69 Å². The smallest absolute Gasteiger partial charge is 0.237 e. The second-order valence-electron chi connectivity index (χ2n) is 8.52. The average molecular weight is 473 g/mol. The molecule has 33 heavy (non-hydrogen) atoms. The Morgan fingerprint density at radius 3 is 2.88 bits per heavy atom. The van der Waals surface area contributed by atoms with Gasteiger partial charge in [0.15, 0.2) is 0 Å². The maximum Gasteiger partial charge on any atom is 0.237 e. The number of aliphatic hydroxyl groups excluding tert-OH is 1. The Bertz CT molecular complexity index is 883. The van der Waals surface area contributed by atoms with Crippen LogP contribution < -0.4 is 4.74 Å². The molecule has 0 aliphatic carbocycles. The number of ether oxygens (including phenoxy) is 2. The van der Waals surface area contributed by atoms with E-state index >= 15 is 0 Å². The molecule has 1 N–H and O–H groups in total. The van der Waals surface area contributed by atoms with Crippen molar-refractivity contribution in [2.24, 2.45) is 0 Å². The zero-order valence-electron chi connectivity index (χ0n) is 19.7. The van der Waals surface area contributed by atoms with Gasteiger partial charge in [0.2, 0.25) is 5.91 Å². The molecule has 1 aromatic heterocycles. The molecule has 1 aliphatic heterocycles. The summed E-state index contributed by atoms with van der Waals surface area (Å²) in [5.41, 5.74) is 2.37. The molecule has 0 saturated carbocycles. The Morgan fingerprint density at radius 2 is 2.15 bits per heavy atom. The summed E-state index contributed by atoms with van der Waals surface area (Å²) in [4.78, 5) is 18.7. The van der Waals surface area contributed by atoms with Crippen LogP contribution in [0.2, 0.25) is 0 Å². The molecule has 7 heteroatoms. The molecular weight excluding hydrogens is 436 g/mol. The number of aryl methyl sites for hydroxylation is 1. The molecule has 3 rings (SSSR count). The van der Waals surface area contributed by atoms with Gasteiger partial charge in [0.1, 0.15) is 12.4 Å². The second kappa shape index (κ2) is 12.9. The largest absolute Gasteiger partial charge is 0.491 e. The van der Waals surface area contributed by atoms with Crippen LogP contribution in [0.5, 0.6) is 5.75 Å². The summed E-state index contributed by atoms with van der Waals surface area (Å²) in [6, 6.07) is 9.99. The van der Waals surface area contributed by atoms with E-state index in [1.54, 1.807) is 24.5 Å². The van der Waals surface area contributed by atoms with Gasteiger partial charge in [0.05, 0.1) is 25.3 Å². The fourth-order valence-electron chi connectivity index (χ4n) is 4.12. The van der Waals surface area contributed by atoms with Gasteiger partial charge in [-0.25, -0.2) is 0 Å². The van der Waals surface area contributed by atoms with Crippen molar-refractivity contribution < 1.29 is 19.4 Å². The third kappa shape index (κ3) is 7.40. The van der Waals surface area contributed by atoms with Crippen molar-refractivity contribution in [3.63, 3.8) is 0 Å². The molecule has 6 nitrogen and oxygen atoms in total. The van der Waals surface area contributed by atoms with Crippen molar-refractivity contribution in [1.82, 2.24) is 9.80 Å². The SMILES string of the molecule is C=CCC[C@@H](O)CN(CCOC)CC(=O)N1CCc2sccc2[C@@H]1COc1ccc(C)cc1. The van der Waals surface area contributed by atoms with Crippen LogP contribution in [-0.4, -0.2) is 73.4 Å². The van der Waals surface area contributed by atoms with Gasteiger partial charge >= 0.3 is 0 Å². The first kappa shape index (κ1) is 25.4. The molecule has 0 radical (unpaired) electrons. The minimum absolute atomic E-state index is 0.0522. The van der Waals surface area contributed by atoms with Gasteiger partial charge in [-0.05, 0) is 55.3 Å². The number of methoxy groups -OCH3 is 1. The number of thiophene rings is 1. The number of hydrogen-bond acceptors (Lipinski definition) is 6. The topological polar surface area (TPSA) is 62.2 Å². The van der Waals surface area contributed by atoms with Gasteiger partial charge in [0, 0.05) is 31.6 Å². The summed E-state index contributed by atoms with van der Waals surface area (Å²) < 4.78 is 11.3. The lowest BCUT2D eigenvalue weighted by Gasteiger charge is -2.37. The highest BCUT2D eigenvalue weighted by Crippen LogP contribution is 2.34. The van der Waals surface area contributed by atoms with Crippen LogP contribution in [0.15, 0.2) is 48.4 Å². The highest BCUT2D eigenvalue weighted by atomic mass is 32.1. The number of carbonyl (C=O) groups excluding carboxylic acids is 1. The Hall–Kier alpha value is -2.19. The molecule has 0 spiro atoms. The van der Waals surface area contributed by atoms with Crippen LogP contribution >= 0.6 is 11.3 Å². The lowest BCUT2D eigenvalue weighted by molar-refractivity contribution is -0.136. The van der Waals surface area contributed by atoms with E-state index in [0.717, 1.165) is 18.6 Å². The summed E-state index contributed by atoms with van der Waals surface area (Å²) in [5, 5.41) is 12.5. The minimum Gasteiger partial charge on any atom is -0.491 e. The van der Waals surface area contributed by atoms with Gasteiger partial charge in [0.25, 0.3) is 0 Å². The monoisotopic (exact) mass is 472 g/mol. The van der Waals surface area contributed by atoms with Crippen molar-refractivity contribution in [3.05, 3.63) is 64.4 Å². The standard InChI is InChI=1S/C26H36N2O4S/c1-4-5-6-21(29)17-27(14-15-31-3)18-26(30)28-13-11-25-23(12-16-33-25)24(28)19-32-22-9-7-20(2)8-10-22/h4,7-10,12,16,21,24,29H,1,5-6,11,13-15,17-19H2,2-3H3/t21-,24+/m1/s1. The maximum absolute atomic E-state index is 13.5. The Morgan fingerprint density at radius 1 is 1.36 bits per heavy atom. The summed E-state index contributed by atoms with van der Waals surface area (Å²) >= 11 is 1.75. The quantitative estimate of drug-likeness (QED) is 0.449. The van der Waals surface area contributed by atoms with E-state index in [2.05, 4.69) is 18.0 Å². The van der Waals surface area contributed by atoms with E-state index in [-0.39, 0.29) is 18.5 Å². The van der Waals surface area contributed by atoms with Crippen molar-refractivity contribution >= 4 is 17.2 Å². The minimum atomic E-state index is -0.502. The number of carbonyl (C=O) groups is 1. The normalized spacial score (nSPS) is 16.5. The van der Waals surface area contributed by atoms with E-state index in [9.17, 15) is 9.90 Å². The predicted molar refractivity (Wildman–Crippen MR) is 133 cm³/mol. The highest BCUT2D eigenvalue weighted by Gasteiger charge is 2.33. The first-order valence-electron chi connectivity index (χ1n) is 11.6. The third-order valence-corrected chi connectivity index (χ3v) is 6.98. The maximum atomic E-state index is 13.5. The Balaban J connectivity index is 1.69. The summed E-state index contributed by atoms with van der Waals surface area (Å²) in [5.74, 6) is 0.860. The number of benzene rings is 1. The average Bonchev–Trinajstić information content (AvgIpc) is 3.29. The predicted octanol–water partition coefficient (Wildman–Crippen LogP) is 3.84. The van der Waals surface area contributed by atoms with Crippen LogP contribution in [0.3, 0.4) is 0 Å². The molecule has 0 bridgehead atoms. The molecule has 1 aliphatic rings. The van der Waals surface area contributed by atoms with Crippen molar-refractivity contribution in [2.75, 3.05) is 46.5 Å². The lowest BCUT2D eigenvalue weighted by Crippen LogP contribution is -2.48. The van der Waals surface area contributed by atoms with E-state index in [4.69, 9.17) is 9.47 Å². The van der Waals surface area contributed by atoms with Crippen molar-refractivity contribution in [1.29, 1.82) is 0 Å².